The molecule has 3 rings (SSSR count). The first-order valence-electron chi connectivity index (χ1n) is 8.49. The van der Waals surface area contributed by atoms with E-state index < -0.39 is 27.9 Å². The van der Waals surface area contributed by atoms with Crippen LogP contribution >= 0.6 is 11.5 Å². The maximum atomic E-state index is 12.7. The van der Waals surface area contributed by atoms with Gasteiger partial charge in [-0.15, -0.1) is 5.10 Å². The molecule has 30 heavy (non-hydrogen) atoms. The minimum atomic E-state index is -0.927. The lowest BCUT2D eigenvalue weighted by Crippen LogP contribution is -2.27. The van der Waals surface area contributed by atoms with Crippen LogP contribution in [0.5, 0.6) is 0 Å². The lowest BCUT2D eigenvalue weighted by molar-refractivity contribution is -0.384. The van der Waals surface area contributed by atoms with Crippen LogP contribution in [-0.4, -0.2) is 42.8 Å². The van der Waals surface area contributed by atoms with Crippen LogP contribution in [0.3, 0.4) is 0 Å². The number of anilines is 1. The van der Waals surface area contributed by atoms with Crippen molar-refractivity contribution in [2.24, 2.45) is 0 Å². The number of esters is 1. The van der Waals surface area contributed by atoms with Crippen LogP contribution in [0, 0.1) is 17.0 Å². The number of hydrogen-bond acceptors (Lipinski definition) is 10. The van der Waals surface area contributed by atoms with Gasteiger partial charge in [-0.2, -0.15) is 5.10 Å². The molecule has 0 aliphatic heterocycles. The van der Waals surface area contributed by atoms with Crippen molar-refractivity contribution in [2.75, 3.05) is 11.9 Å². The zero-order valence-corrected chi connectivity index (χ0v) is 16.5. The molecule has 1 amide bonds. The highest BCUT2D eigenvalue weighted by Gasteiger charge is 2.24. The number of ether oxygens (including phenoxy) is 1. The molecular weight excluding hydrogens is 416 g/mol. The van der Waals surface area contributed by atoms with Crippen molar-refractivity contribution in [1.82, 2.24) is 19.4 Å². The Balaban J connectivity index is 2.01. The van der Waals surface area contributed by atoms with Gasteiger partial charge >= 0.3 is 5.97 Å². The Labute approximate surface area is 172 Å². The molecule has 154 valence electrons. The minimum absolute atomic E-state index is 0.0162. The molecule has 0 aliphatic carbocycles. The Kier molecular flexibility index (Phi) is 5.92. The summed E-state index contributed by atoms with van der Waals surface area (Å²) in [6.45, 7) is 3.24. The summed E-state index contributed by atoms with van der Waals surface area (Å²) in [5.41, 5.74) is -1.31. The zero-order valence-electron chi connectivity index (χ0n) is 15.7. The number of aryl methyl sites for hydroxylation is 1. The van der Waals surface area contributed by atoms with Gasteiger partial charge in [0.25, 0.3) is 11.6 Å². The molecule has 0 saturated heterocycles. The molecule has 12 nitrogen and oxygen atoms in total. The monoisotopic (exact) mass is 430 g/mol. The average Bonchev–Trinajstić information content (AvgIpc) is 3.16. The molecular formula is C17H14N6O6S. The summed E-state index contributed by atoms with van der Waals surface area (Å²) in [7, 11) is 0. The fourth-order valence-corrected chi connectivity index (χ4v) is 3.07. The van der Waals surface area contributed by atoms with E-state index in [9.17, 15) is 24.5 Å². The maximum absolute atomic E-state index is 12.7. The van der Waals surface area contributed by atoms with Crippen molar-refractivity contribution in [3.8, 4) is 5.69 Å². The quantitative estimate of drug-likeness (QED) is 0.349. The zero-order chi connectivity index (χ0) is 21.8. The van der Waals surface area contributed by atoms with Crippen LogP contribution in [0.1, 0.15) is 33.6 Å². The van der Waals surface area contributed by atoms with Crippen LogP contribution in [0.4, 0.5) is 10.7 Å². The third-order valence-electron chi connectivity index (χ3n) is 3.81. The van der Waals surface area contributed by atoms with Gasteiger partial charge in [0.15, 0.2) is 10.7 Å². The highest BCUT2D eigenvalue weighted by Crippen LogP contribution is 2.23. The number of hydrogen-bond donors (Lipinski definition) is 1. The number of para-hydroxylation sites is 2. The molecule has 0 atom stereocenters. The summed E-state index contributed by atoms with van der Waals surface area (Å²) in [5, 5.41) is 21.3. The summed E-state index contributed by atoms with van der Waals surface area (Å²) in [4.78, 5) is 47.6. The number of aromatic nitrogens is 4. The highest BCUT2D eigenvalue weighted by atomic mass is 32.1. The summed E-state index contributed by atoms with van der Waals surface area (Å²) in [6, 6.07) is 6.91. The fraction of sp³-hybridized carbons (Fsp3) is 0.176. The molecule has 2 heterocycles. The number of rotatable bonds is 6. The van der Waals surface area contributed by atoms with Crippen molar-refractivity contribution >= 4 is 34.1 Å². The first-order chi connectivity index (χ1) is 14.3. The van der Waals surface area contributed by atoms with Crippen LogP contribution in [0.25, 0.3) is 5.69 Å². The number of nitrogens with one attached hydrogen (secondary N) is 1. The number of benzene rings is 1. The van der Waals surface area contributed by atoms with E-state index in [1.807, 2.05) is 0 Å². The molecule has 2 aromatic heterocycles. The van der Waals surface area contributed by atoms with E-state index in [0.717, 1.165) is 22.3 Å². The number of carbonyl (C=O) groups excluding carboxylic acids is 2. The molecule has 0 unspecified atom stereocenters. The Bertz CT molecular complexity index is 1200. The van der Waals surface area contributed by atoms with Crippen molar-refractivity contribution in [1.29, 1.82) is 0 Å². The van der Waals surface area contributed by atoms with Gasteiger partial charge in [-0.3, -0.25) is 19.7 Å². The van der Waals surface area contributed by atoms with Gasteiger partial charge in [-0.1, -0.05) is 16.6 Å². The Morgan fingerprint density at radius 3 is 2.73 bits per heavy atom. The number of nitrogens with zero attached hydrogens (tertiary/aromatic N) is 5. The first-order valence-corrected chi connectivity index (χ1v) is 9.26. The minimum Gasteiger partial charge on any atom is -0.461 e. The normalized spacial score (nSPS) is 10.5. The topological polar surface area (TPSA) is 159 Å². The summed E-state index contributed by atoms with van der Waals surface area (Å²) < 4.78 is 9.57. The van der Waals surface area contributed by atoms with E-state index in [0.29, 0.717) is 0 Å². The van der Waals surface area contributed by atoms with Gasteiger partial charge in [0.2, 0.25) is 11.1 Å². The van der Waals surface area contributed by atoms with E-state index in [1.165, 1.54) is 25.1 Å². The van der Waals surface area contributed by atoms with Gasteiger partial charge < -0.3 is 10.1 Å². The van der Waals surface area contributed by atoms with Crippen molar-refractivity contribution in [3.63, 3.8) is 0 Å². The fourth-order valence-electron chi connectivity index (χ4n) is 2.51. The molecule has 1 N–H and O–H groups in total. The van der Waals surface area contributed by atoms with Gasteiger partial charge in [0.1, 0.15) is 5.69 Å². The second-order valence-corrected chi connectivity index (χ2v) is 6.54. The lowest BCUT2D eigenvalue weighted by Gasteiger charge is -2.11. The SMILES string of the molecule is CCOC(=O)c1nnsc1NC(=O)c1nn(-c2ccccc2[N+](=O)[O-])c(C)cc1=O. The van der Waals surface area contributed by atoms with E-state index in [2.05, 4.69) is 20.0 Å². The Hall–Kier alpha value is -4.00. The molecule has 13 heteroatoms. The smallest absolute Gasteiger partial charge is 0.362 e. The van der Waals surface area contributed by atoms with Crippen LogP contribution < -0.4 is 10.7 Å². The largest absolute Gasteiger partial charge is 0.461 e. The maximum Gasteiger partial charge on any atom is 0.362 e. The van der Waals surface area contributed by atoms with Gasteiger partial charge in [-0.05, 0) is 19.9 Å². The molecule has 3 aromatic rings. The van der Waals surface area contributed by atoms with E-state index in [-0.39, 0.29) is 34.4 Å². The number of carbonyl (C=O) groups is 2. The first kappa shape index (κ1) is 20.7. The third-order valence-corrected chi connectivity index (χ3v) is 4.45. The standard InChI is InChI=1S/C17H14N6O6S/c1-3-29-17(26)14-16(30-21-19-14)18-15(25)13-12(24)8-9(2)22(20-13)10-6-4-5-7-11(10)23(27)28/h4-8H,3H2,1-2H3,(H,18,25). The summed E-state index contributed by atoms with van der Waals surface area (Å²) in [5.74, 6) is -1.71. The van der Waals surface area contributed by atoms with E-state index in [1.54, 1.807) is 13.0 Å². The van der Waals surface area contributed by atoms with Crippen molar-refractivity contribution in [3.05, 3.63) is 67.8 Å². The average molecular weight is 430 g/mol. The van der Waals surface area contributed by atoms with Crippen molar-refractivity contribution in [2.45, 2.75) is 13.8 Å². The molecule has 0 aliphatic rings. The number of nitro benzene ring substituents is 1. The number of amides is 1. The lowest BCUT2D eigenvalue weighted by atomic mass is 10.2. The molecule has 0 bridgehead atoms. The Morgan fingerprint density at radius 1 is 1.30 bits per heavy atom. The molecule has 0 fully saturated rings. The van der Waals surface area contributed by atoms with Crippen molar-refractivity contribution < 1.29 is 19.2 Å². The second-order valence-electron chi connectivity index (χ2n) is 5.78. The van der Waals surface area contributed by atoms with E-state index >= 15 is 0 Å². The summed E-state index contributed by atoms with van der Waals surface area (Å²) >= 11 is 0.723. The van der Waals surface area contributed by atoms with Gasteiger partial charge in [0, 0.05) is 29.4 Å². The van der Waals surface area contributed by atoms with Crippen LogP contribution in [0.2, 0.25) is 0 Å². The second kappa shape index (κ2) is 8.57. The van der Waals surface area contributed by atoms with Crippen LogP contribution in [0.15, 0.2) is 35.1 Å². The summed E-state index contributed by atoms with van der Waals surface area (Å²) in [6.07, 6.45) is 0. The molecule has 0 saturated carbocycles. The van der Waals surface area contributed by atoms with Gasteiger partial charge in [-0.25, -0.2) is 9.48 Å². The van der Waals surface area contributed by atoms with Gasteiger partial charge in [0.05, 0.1) is 11.5 Å². The predicted octanol–water partition coefficient (Wildman–Crippen LogP) is 1.73. The molecule has 1 aromatic carbocycles. The van der Waals surface area contributed by atoms with E-state index in [4.69, 9.17) is 4.74 Å². The van der Waals surface area contributed by atoms with Crippen LogP contribution in [-0.2, 0) is 4.74 Å². The Morgan fingerprint density at radius 2 is 2.03 bits per heavy atom. The number of nitro groups is 1. The predicted molar refractivity (Wildman–Crippen MR) is 105 cm³/mol. The molecule has 0 radical (unpaired) electrons. The molecule has 0 spiro atoms. The highest BCUT2D eigenvalue weighted by molar-refractivity contribution is 7.10. The third kappa shape index (κ3) is 4.05.